The quantitative estimate of drug-likeness (QED) is 0.632. The molecular weight excluding hydrogens is 396 g/mol. The first-order chi connectivity index (χ1) is 14.5. The van der Waals surface area contributed by atoms with Crippen molar-refractivity contribution in [2.75, 3.05) is 19.7 Å². The Hall–Kier alpha value is -3.43. The number of aryl methyl sites for hydroxylation is 1. The van der Waals surface area contributed by atoms with Crippen molar-refractivity contribution in [2.45, 2.75) is 25.7 Å². The number of likely N-dealkylation sites (tertiary alicyclic amines) is 1. The maximum atomic E-state index is 13.6. The summed E-state index contributed by atoms with van der Waals surface area (Å²) in [5, 5.41) is 8.16. The van der Waals surface area contributed by atoms with Crippen molar-refractivity contribution in [3.63, 3.8) is 0 Å². The van der Waals surface area contributed by atoms with E-state index in [1.165, 1.54) is 0 Å². The molecule has 156 valence electrons. The number of hydrogen-bond acceptors (Lipinski definition) is 7. The van der Waals surface area contributed by atoms with Crippen LogP contribution >= 0.6 is 0 Å². The van der Waals surface area contributed by atoms with E-state index in [0.29, 0.717) is 49.5 Å². The second kappa shape index (κ2) is 8.52. The Labute approximate surface area is 170 Å². The van der Waals surface area contributed by atoms with Crippen LogP contribution in [-0.2, 0) is 4.79 Å². The topological polar surface area (TPSA) is 94.2 Å². The highest BCUT2D eigenvalue weighted by Gasteiger charge is 2.28. The van der Waals surface area contributed by atoms with E-state index in [9.17, 15) is 13.6 Å². The summed E-state index contributed by atoms with van der Waals surface area (Å²) in [6.07, 6.45) is 4.51. The van der Waals surface area contributed by atoms with Crippen LogP contribution in [0.4, 0.5) is 8.78 Å². The number of hydrogen-bond donors (Lipinski definition) is 0. The van der Waals surface area contributed by atoms with Crippen LogP contribution in [0.1, 0.15) is 30.3 Å². The number of carbonyl (C=O) groups is 1. The number of nitrogens with zero attached hydrogens (tertiary/aromatic N) is 5. The average Bonchev–Trinajstić information content (AvgIpc) is 3.24. The van der Waals surface area contributed by atoms with Gasteiger partial charge in [0.15, 0.2) is 18.2 Å². The Balaban J connectivity index is 1.30. The van der Waals surface area contributed by atoms with Gasteiger partial charge in [-0.25, -0.2) is 13.8 Å². The van der Waals surface area contributed by atoms with E-state index in [4.69, 9.17) is 9.15 Å². The monoisotopic (exact) mass is 415 g/mol. The van der Waals surface area contributed by atoms with E-state index in [1.54, 1.807) is 17.3 Å². The predicted molar refractivity (Wildman–Crippen MR) is 100 cm³/mol. The van der Waals surface area contributed by atoms with Gasteiger partial charge in [-0.3, -0.25) is 9.78 Å². The molecule has 3 aromatic rings. The van der Waals surface area contributed by atoms with Gasteiger partial charge in [0.1, 0.15) is 11.5 Å². The fourth-order valence-corrected chi connectivity index (χ4v) is 3.20. The molecule has 8 nitrogen and oxygen atoms in total. The van der Waals surface area contributed by atoms with E-state index in [1.807, 2.05) is 6.92 Å². The molecule has 10 heteroatoms. The molecule has 0 saturated carbocycles. The molecule has 0 radical (unpaired) electrons. The van der Waals surface area contributed by atoms with Crippen molar-refractivity contribution in [2.24, 2.45) is 0 Å². The molecule has 0 bridgehead atoms. The molecule has 0 aliphatic carbocycles. The zero-order chi connectivity index (χ0) is 21.1. The van der Waals surface area contributed by atoms with E-state index < -0.39 is 11.6 Å². The first kappa shape index (κ1) is 19.9. The number of benzene rings is 1. The molecule has 3 heterocycles. The number of piperidine rings is 1. The second-order valence-corrected chi connectivity index (χ2v) is 7.01. The number of ether oxygens (including phenoxy) is 1. The summed E-state index contributed by atoms with van der Waals surface area (Å²) in [5.74, 6) is -1.12. The van der Waals surface area contributed by atoms with E-state index >= 15 is 0 Å². The number of halogens is 2. The molecule has 4 rings (SSSR count). The van der Waals surface area contributed by atoms with Gasteiger partial charge in [0.05, 0.1) is 11.9 Å². The zero-order valence-electron chi connectivity index (χ0n) is 16.2. The molecule has 0 unspecified atom stereocenters. The lowest BCUT2D eigenvalue weighted by Crippen LogP contribution is -2.40. The standard InChI is InChI=1S/C20H19F2N5O3/c1-12-9-24-16(10-23-12)20-26-25-19(30-20)13-4-6-27(7-5-13)18(28)11-29-17-3-2-14(21)8-15(17)22/h2-3,8-10,13H,4-7,11H2,1H3. The van der Waals surface area contributed by atoms with Crippen molar-refractivity contribution >= 4 is 5.91 Å². The first-order valence-electron chi connectivity index (χ1n) is 9.47. The SMILES string of the molecule is Cc1cnc(-c2nnc(C3CCN(C(=O)COc4ccc(F)cc4F)CC3)o2)cn1. The molecule has 1 fully saturated rings. The second-order valence-electron chi connectivity index (χ2n) is 7.01. The van der Waals surface area contributed by atoms with Crippen LogP contribution in [0.3, 0.4) is 0 Å². The highest BCUT2D eigenvalue weighted by atomic mass is 19.1. The van der Waals surface area contributed by atoms with Gasteiger partial charge < -0.3 is 14.1 Å². The van der Waals surface area contributed by atoms with Gasteiger partial charge in [0, 0.05) is 31.3 Å². The molecule has 30 heavy (non-hydrogen) atoms. The van der Waals surface area contributed by atoms with Gasteiger partial charge in [-0.2, -0.15) is 0 Å². The van der Waals surface area contributed by atoms with Gasteiger partial charge >= 0.3 is 0 Å². The summed E-state index contributed by atoms with van der Waals surface area (Å²) >= 11 is 0. The fourth-order valence-electron chi connectivity index (χ4n) is 3.20. The van der Waals surface area contributed by atoms with Crippen LogP contribution in [0.15, 0.2) is 35.0 Å². The fraction of sp³-hybridized carbons (Fsp3) is 0.350. The summed E-state index contributed by atoms with van der Waals surface area (Å²) in [7, 11) is 0. The number of carbonyl (C=O) groups excluding carboxylic acids is 1. The van der Waals surface area contributed by atoms with Crippen molar-refractivity contribution in [1.29, 1.82) is 0 Å². The Morgan fingerprint density at radius 3 is 2.70 bits per heavy atom. The summed E-state index contributed by atoms with van der Waals surface area (Å²) < 4.78 is 37.5. The molecule has 0 N–H and O–H groups in total. The predicted octanol–water partition coefficient (Wildman–Crippen LogP) is 2.90. The van der Waals surface area contributed by atoms with Crippen molar-refractivity contribution in [3.8, 4) is 17.3 Å². The Morgan fingerprint density at radius 1 is 1.20 bits per heavy atom. The molecule has 1 aromatic carbocycles. The van der Waals surface area contributed by atoms with Crippen LogP contribution in [0.25, 0.3) is 11.6 Å². The van der Waals surface area contributed by atoms with E-state index in [0.717, 1.165) is 17.8 Å². The normalized spacial score (nSPS) is 14.7. The molecule has 1 amide bonds. The summed E-state index contributed by atoms with van der Waals surface area (Å²) in [4.78, 5) is 22.4. The number of amides is 1. The minimum atomic E-state index is -0.841. The molecule has 1 saturated heterocycles. The third-order valence-corrected chi connectivity index (χ3v) is 4.88. The molecule has 2 aromatic heterocycles. The highest BCUT2D eigenvalue weighted by molar-refractivity contribution is 5.77. The van der Waals surface area contributed by atoms with E-state index in [2.05, 4.69) is 20.2 Å². The highest BCUT2D eigenvalue weighted by Crippen LogP contribution is 2.29. The molecular formula is C20H19F2N5O3. The maximum absolute atomic E-state index is 13.6. The summed E-state index contributed by atoms with van der Waals surface area (Å²) in [6.45, 7) is 2.50. The lowest BCUT2D eigenvalue weighted by Gasteiger charge is -2.30. The smallest absolute Gasteiger partial charge is 0.267 e. The Kier molecular flexibility index (Phi) is 5.64. The third kappa shape index (κ3) is 4.42. The van der Waals surface area contributed by atoms with E-state index in [-0.39, 0.29) is 24.2 Å². The van der Waals surface area contributed by atoms with Gasteiger partial charge in [0.25, 0.3) is 11.8 Å². The van der Waals surface area contributed by atoms with Crippen molar-refractivity contribution < 1.29 is 22.7 Å². The van der Waals surface area contributed by atoms with Crippen LogP contribution in [0.2, 0.25) is 0 Å². The molecule has 0 spiro atoms. The maximum Gasteiger partial charge on any atom is 0.267 e. The molecule has 1 aliphatic heterocycles. The number of rotatable bonds is 5. The Morgan fingerprint density at radius 2 is 2.00 bits per heavy atom. The van der Waals surface area contributed by atoms with Crippen molar-refractivity contribution in [1.82, 2.24) is 25.1 Å². The first-order valence-corrected chi connectivity index (χ1v) is 9.47. The van der Waals surface area contributed by atoms with Crippen LogP contribution in [-0.4, -0.2) is 50.7 Å². The lowest BCUT2D eigenvalue weighted by molar-refractivity contribution is -0.134. The van der Waals surface area contributed by atoms with Crippen molar-refractivity contribution in [3.05, 3.63) is 53.8 Å². The molecule has 1 aliphatic rings. The number of aromatic nitrogens is 4. The van der Waals surface area contributed by atoms with Crippen LogP contribution < -0.4 is 4.74 Å². The van der Waals surface area contributed by atoms with Crippen LogP contribution in [0.5, 0.6) is 5.75 Å². The third-order valence-electron chi connectivity index (χ3n) is 4.88. The Bertz CT molecular complexity index is 1030. The van der Waals surface area contributed by atoms with Crippen LogP contribution in [0, 0.1) is 18.6 Å². The largest absolute Gasteiger partial charge is 0.481 e. The lowest BCUT2D eigenvalue weighted by atomic mass is 9.97. The van der Waals surface area contributed by atoms with Gasteiger partial charge in [-0.05, 0) is 31.9 Å². The van der Waals surface area contributed by atoms with Gasteiger partial charge in [-0.1, -0.05) is 0 Å². The zero-order valence-corrected chi connectivity index (χ0v) is 16.2. The summed E-state index contributed by atoms with van der Waals surface area (Å²) in [6, 6.07) is 2.96. The van der Waals surface area contributed by atoms with Gasteiger partial charge in [0.2, 0.25) is 5.89 Å². The van der Waals surface area contributed by atoms with Gasteiger partial charge in [-0.15, -0.1) is 10.2 Å². The average molecular weight is 415 g/mol. The summed E-state index contributed by atoms with van der Waals surface area (Å²) in [5.41, 5.74) is 1.30. The minimum Gasteiger partial charge on any atom is -0.481 e. The molecule has 0 atom stereocenters. The minimum absolute atomic E-state index is 0.0316.